The van der Waals surface area contributed by atoms with E-state index in [1.807, 2.05) is 42.5 Å². The summed E-state index contributed by atoms with van der Waals surface area (Å²) in [5.74, 6) is 0.600. The molecule has 0 heterocycles. The van der Waals surface area contributed by atoms with Crippen LogP contribution >= 0.6 is 0 Å². The van der Waals surface area contributed by atoms with Crippen molar-refractivity contribution in [2.45, 2.75) is 19.3 Å². The Kier molecular flexibility index (Phi) is 3.30. The molecule has 3 aromatic carbocycles. The highest BCUT2D eigenvalue weighted by atomic mass is 16.3. The van der Waals surface area contributed by atoms with Crippen LogP contribution in [0.1, 0.15) is 28.7 Å². The summed E-state index contributed by atoms with van der Waals surface area (Å²) in [6, 6.07) is 15.5. The molecule has 0 atom stereocenters. The minimum absolute atomic E-state index is 0.294. The van der Waals surface area contributed by atoms with Crippen LogP contribution in [0, 0.1) is 0 Å². The van der Waals surface area contributed by atoms with Gasteiger partial charge in [-0.2, -0.15) is 0 Å². The number of rotatable bonds is 2. The van der Waals surface area contributed by atoms with Gasteiger partial charge in [-0.25, -0.2) is 0 Å². The fraction of sp³-hybridized carbons (Fsp3) is 0.143. The first kappa shape index (κ1) is 13.9. The van der Waals surface area contributed by atoms with Crippen LogP contribution in [0.15, 0.2) is 54.6 Å². The van der Waals surface area contributed by atoms with Gasteiger partial charge in [0.1, 0.15) is 11.5 Å². The third kappa shape index (κ3) is 2.36. The monoisotopic (exact) mass is 302 g/mol. The van der Waals surface area contributed by atoms with Crippen molar-refractivity contribution in [1.29, 1.82) is 0 Å². The topological polar surface area (TPSA) is 40.5 Å². The summed E-state index contributed by atoms with van der Waals surface area (Å²) in [6.45, 7) is 0. The molecule has 0 aliphatic heterocycles. The van der Waals surface area contributed by atoms with Crippen LogP contribution in [-0.4, -0.2) is 10.2 Å². The lowest BCUT2D eigenvalue weighted by Crippen LogP contribution is -2.01. The van der Waals surface area contributed by atoms with Crippen LogP contribution in [0.25, 0.3) is 16.8 Å². The van der Waals surface area contributed by atoms with Gasteiger partial charge in [-0.3, -0.25) is 0 Å². The van der Waals surface area contributed by atoms with Crippen LogP contribution in [0.5, 0.6) is 11.5 Å². The van der Waals surface area contributed by atoms with Gasteiger partial charge in [0.15, 0.2) is 0 Å². The molecule has 0 amide bonds. The summed E-state index contributed by atoms with van der Waals surface area (Å²) in [5, 5.41) is 22.8. The number of aromatic hydroxyl groups is 2. The van der Waals surface area contributed by atoms with Gasteiger partial charge in [0.05, 0.1) is 0 Å². The van der Waals surface area contributed by atoms with Gasteiger partial charge in [0.25, 0.3) is 0 Å². The average Bonchev–Trinajstić information content (AvgIpc) is 2.60. The highest BCUT2D eigenvalue weighted by molar-refractivity contribution is 5.89. The van der Waals surface area contributed by atoms with Crippen molar-refractivity contribution in [3.8, 4) is 11.5 Å². The molecule has 2 nitrogen and oxygen atoms in total. The molecular formula is C21H18O2. The summed E-state index contributed by atoms with van der Waals surface area (Å²) in [5.41, 5.74) is 4.10. The summed E-state index contributed by atoms with van der Waals surface area (Å²) < 4.78 is 0. The van der Waals surface area contributed by atoms with E-state index in [1.165, 1.54) is 5.56 Å². The van der Waals surface area contributed by atoms with Crippen molar-refractivity contribution in [2.75, 3.05) is 0 Å². The molecule has 0 saturated heterocycles. The lowest BCUT2D eigenvalue weighted by atomic mass is 9.89. The van der Waals surface area contributed by atoms with E-state index in [4.69, 9.17) is 0 Å². The largest absolute Gasteiger partial charge is 0.508 e. The summed E-state index contributed by atoms with van der Waals surface area (Å²) in [4.78, 5) is 0. The molecule has 4 rings (SSSR count). The van der Waals surface area contributed by atoms with Crippen LogP contribution in [-0.2, 0) is 12.8 Å². The highest BCUT2D eigenvalue weighted by Gasteiger charge is 2.16. The number of phenols is 2. The average molecular weight is 302 g/mol. The van der Waals surface area contributed by atoms with Crippen LogP contribution in [0.4, 0.5) is 0 Å². The second-order valence-corrected chi connectivity index (χ2v) is 6.05. The van der Waals surface area contributed by atoms with E-state index in [-0.39, 0.29) is 0 Å². The molecule has 23 heavy (non-hydrogen) atoms. The minimum Gasteiger partial charge on any atom is -0.508 e. The van der Waals surface area contributed by atoms with Gasteiger partial charge in [-0.15, -0.1) is 0 Å². The molecule has 1 aliphatic carbocycles. The van der Waals surface area contributed by atoms with Crippen molar-refractivity contribution in [1.82, 2.24) is 0 Å². The van der Waals surface area contributed by atoms with E-state index in [9.17, 15) is 10.2 Å². The molecule has 0 spiro atoms. The molecule has 2 N–H and O–H groups in total. The Hall–Kier alpha value is -2.74. The van der Waals surface area contributed by atoms with Gasteiger partial charge in [-0.05, 0) is 41.0 Å². The molecule has 2 heteroatoms. The van der Waals surface area contributed by atoms with E-state index in [0.717, 1.165) is 40.3 Å². The van der Waals surface area contributed by atoms with E-state index >= 15 is 0 Å². The SMILES string of the molecule is Oc1ccc2c(c1Cc1ccc3ccccc3c1O)C=CCC2. The third-order valence-electron chi connectivity index (χ3n) is 4.64. The zero-order valence-corrected chi connectivity index (χ0v) is 12.8. The van der Waals surface area contributed by atoms with Crippen molar-refractivity contribution in [3.05, 3.63) is 76.9 Å². The Bertz CT molecular complexity index is 923. The minimum atomic E-state index is 0.294. The number of benzene rings is 3. The van der Waals surface area contributed by atoms with Crippen molar-refractivity contribution in [2.24, 2.45) is 0 Å². The molecule has 0 bridgehead atoms. The van der Waals surface area contributed by atoms with Crippen molar-refractivity contribution >= 4 is 16.8 Å². The Morgan fingerprint density at radius 2 is 1.78 bits per heavy atom. The maximum Gasteiger partial charge on any atom is 0.126 e. The number of phenolic OH excluding ortho intramolecular Hbond substituents is 2. The molecular weight excluding hydrogens is 284 g/mol. The maximum absolute atomic E-state index is 10.6. The molecule has 114 valence electrons. The van der Waals surface area contributed by atoms with Crippen molar-refractivity contribution < 1.29 is 10.2 Å². The maximum atomic E-state index is 10.6. The predicted octanol–water partition coefficient (Wildman–Crippen LogP) is 4.80. The summed E-state index contributed by atoms with van der Waals surface area (Å²) in [6.07, 6.45) is 6.80. The number of allylic oxidation sites excluding steroid dienone is 1. The molecule has 3 aromatic rings. The normalized spacial score (nSPS) is 13.2. The molecule has 0 fully saturated rings. The van der Waals surface area contributed by atoms with Gasteiger partial charge < -0.3 is 10.2 Å². The zero-order valence-electron chi connectivity index (χ0n) is 12.8. The first-order valence-electron chi connectivity index (χ1n) is 7.94. The Morgan fingerprint density at radius 3 is 2.70 bits per heavy atom. The zero-order chi connectivity index (χ0) is 15.8. The number of hydrogen-bond donors (Lipinski definition) is 2. The van der Waals surface area contributed by atoms with Gasteiger partial charge in [0.2, 0.25) is 0 Å². The van der Waals surface area contributed by atoms with Gasteiger partial charge in [-0.1, -0.05) is 54.6 Å². The highest BCUT2D eigenvalue weighted by Crippen LogP contribution is 2.35. The fourth-order valence-corrected chi connectivity index (χ4v) is 3.39. The third-order valence-corrected chi connectivity index (χ3v) is 4.64. The Morgan fingerprint density at radius 1 is 0.913 bits per heavy atom. The number of fused-ring (bicyclic) bond motifs is 2. The quantitative estimate of drug-likeness (QED) is 0.713. The molecule has 0 unspecified atom stereocenters. The van der Waals surface area contributed by atoms with Gasteiger partial charge >= 0.3 is 0 Å². The lowest BCUT2D eigenvalue weighted by Gasteiger charge is -2.17. The van der Waals surface area contributed by atoms with E-state index < -0.39 is 0 Å². The van der Waals surface area contributed by atoms with Gasteiger partial charge in [0, 0.05) is 17.4 Å². The lowest BCUT2D eigenvalue weighted by molar-refractivity contribution is 0.465. The molecule has 0 aromatic heterocycles. The number of hydrogen-bond acceptors (Lipinski definition) is 2. The van der Waals surface area contributed by atoms with E-state index in [2.05, 4.69) is 12.2 Å². The molecule has 0 radical (unpaired) electrons. The van der Waals surface area contributed by atoms with Crippen LogP contribution in [0.2, 0.25) is 0 Å². The van der Waals surface area contributed by atoms with E-state index in [0.29, 0.717) is 17.9 Å². The Balaban J connectivity index is 1.83. The summed E-state index contributed by atoms with van der Waals surface area (Å²) >= 11 is 0. The Labute approximate surface area is 135 Å². The fourth-order valence-electron chi connectivity index (χ4n) is 3.39. The molecule has 0 saturated carbocycles. The number of aryl methyl sites for hydroxylation is 1. The first-order chi connectivity index (χ1) is 11.2. The van der Waals surface area contributed by atoms with Crippen LogP contribution in [0.3, 0.4) is 0 Å². The van der Waals surface area contributed by atoms with E-state index in [1.54, 1.807) is 6.07 Å². The van der Waals surface area contributed by atoms with Crippen LogP contribution < -0.4 is 0 Å². The molecule has 1 aliphatic rings. The summed E-state index contributed by atoms with van der Waals surface area (Å²) in [7, 11) is 0. The smallest absolute Gasteiger partial charge is 0.126 e. The standard InChI is InChI=1S/C21H18O2/c22-20-12-11-14-5-1-3-7-17(14)19(20)13-16-10-9-15-6-2-4-8-18(15)21(16)23/h2-4,6-12,22-23H,1,5,13H2. The second-order valence-electron chi connectivity index (χ2n) is 6.05. The van der Waals surface area contributed by atoms with Crippen molar-refractivity contribution in [3.63, 3.8) is 0 Å². The predicted molar refractivity (Wildman–Crippen MR) is 93.9 cm³/mol. The second kappa shape index (κ2) is 5.47. The first-order valence-corrected chi connectivity index (χ1v) is 7.94.